The highest BCUT2D eigenvalue weighted by molar-refractivity contribution is 7.80. The fourth-order valence-electron chi connectivity index (χ4n) is 3.88. The van der Waals surface area contributed by atoms with Crippen LogP contribution in [0.5, 0.6) is 0 Å². The molecule has 0 saturated carbocycles. The number of carboxylic acids is 2. The van der Waals surface area contributed by atoms with E-state index < -0.39 is 11.9 Å². The van der Waals surface area contributed by atoms with Gasteiger partial charge in [0.1, 0.15) is 17.6 Å². The van der Waals surface area contributed by atoms with Gasteiger partial charge in [-0.1, -0.05) is 13.0 Å². The van der Waals surface area contributed by atoms with Crippen molar-refractivity contribution in [3.63, 3.8) is 0 Å². The van der Waals surface area contributed by atoms with Gasteiger partial charge in [-0.05, 0) is 61.1 Å². The molecule has 1 saturated heterocycles. The number of thiocarbonyl (C=S) groups is 1. The summed E-state index contributed by atoms with van der Waals surface area (Å²) in [4.78, 5) is 29.5. The quantitative estimate of drug-likeness (QED) is 0.456. The van der Waals surface area contributed by atoms with Crippen molar-refractivity contribution in [3.8, 4) is 11.3 Å². The van der Waals surface area contributed by atoms with E-state index >= 15 is 0 Å². The maximum absolute atomic E-state index is 11.5. The largest absolute Gasteiger partial charge is 0.478 e. The van der Waals surface area contributed by atoms with E-state index in [1.165, 1.54) is 12.1 Å². The first kappa shape index (κ1) is 21.5. The second-order valence-electron chi connectivity index (χ2n) is 7.43. The van der Waals surface area contributed by atoms with Gasteiger partial charge in [0.05, 0.1) is 22.9 Å². The second-order valence-corrected chi connectivity index (χ2v) is 7.82. The molecule has 9 heteroatoms. The van der Waals surface area contributed by atoms with Gasteiger partial charge in [0, 0.05) is 18.3 Å². The fourth-order valence-corrected chi connectivity index (χ4v) is 4.21. The normalized spacial score (nSPS) is 17.9. The topological polar surface area (TPSA) is 116 Å². The van der Waals surface area contributed by atoms with Gasteiger partial charge < -0.3 is 24.8 Å². The van der Waals surface area contributed by atoms with E-state index in [4.69, 9.17) is 16.6 Å². The average Bonchev–Trinajstić information content (AvgIpc) is 3.39. The predicted octanol–water partition coefficient (Wildman–Crippen LogP) is 4.12. The van der Waals surface area contributed by atoms with Gasteiger partial charge in [-0.2, -0.15) is 0 Å². The van der Waals surface area contributed by atoms with Crippen molar-refractivity contribution in [2.75, 3.05) is 6.54 Å². The monoisotopic (exact) mass is 451 g/mol. The first-order chi connectivity index (χ1) is 15.4. The van der Waals surface area contributed by atoms with Crippen LogP contribution in [-0.2, 0) is 0 Å². The van der Waals surface area contributed by atoms with Crippen molar-refractivity contribution in [2.45, 2.75) is 25.4 Å². The standard InChI is InChI=1S/C23H21N3O5S/c1-2-9-26-20(19(25-23(26)32)16-5-3-4-8-24-16)18-7-6-17(31-18)13-10-14(21(27)28)12-15(11-13)22(29)30/h3-8,10-12,19-20H,2,9H2,1H3,(H,25,32)(H,27,28)(H,29,30)/t19-,20+/m1/s1. The lowest BCUT2D eigenvalue weighted by atomic mass is 10.0. The zero-order valence-corrected chi connectivity index (χ0v) is 18.0. The number of nitrogens with one attached hydrogen (secondary N) is 1. The molecule has 3 N–H and O–H groups in total. The lowest BCUT2D eigenvalue weighted by Gasteiger charge is -2.25. The first-order valence-electron chi connectivity index (χ1n) is 10.1. The highest BCUT2D eigenvalue weighted by Gasteiger charge is 2.41. The smallest absolute Gasteiger partial charge is 0.335 e. The Morgan fingerprint density at radius 3 is 2.44 bits per heavy atom. The summed E-state index contributed by atoms with van der Waals surface area (Å²) >= 11 is 5.57. The number of aromatic nitrogens is 1. The van der Waals surface area contributed by atoms with Crippen LogP contribution in [0.15, 0.2) is 59.1 Å². The number of carbonyl (C=O) groups is 2. The molecule has 4 rings (SSSR count). The molecule has 164 valence electrons. The molecule has 0 aliphatic carbocycles. The highest BCUT2D eigenvalue weighted by atomic mass is 32.1. The summed E-state index contributed by atoms with van der Waals surface area (Å²) in [5.74, 6) is -1.43. The molecule has 2 aromatic heterocycles. The van der Waals surface area contributed by atoms with Crippen LogP contribution in [0, 0.1) is 0 Å². The van der Waals surface area contributed by atoms with Gasteiger partial charge in [0.2, 0.25) is 0 Å². The summed E-state index contributed by atoms with van der Waals surface area (Å²) in [5, 5.41) is 22.7. The van der Waals surface area contributed by atoms with Gasteiger partial charge >= 0.3 is 11.9 Å². The maximum atomic E-state index is 11.5. The Morgan fingerprint density at radius 2 is 1.84 bits per heavy atom. The molecule has 1 aliphatic heterocycles. The number of rotatable bonds is 7. The molecular formula is C23H21N3O5S. The lowest BCUT2D eigenvalue weighted by molar-refractivity contribution is 0.0696. The second kappa shape index (κ2) is 8.80. The minimum Gasteiger partial charge on any atom is -0.478 e. The van der Waals surface area contributed by atoms with Gasteiger partial charge in [-0.15, -0.1) is 0 Å². The number of pyridine rings is 1. The van der Waals surface area contributed by atoms with Gasteiger partial charge in [0.25, 0.3) is 0 Å². The number of aromatic carboxylic acids is 2. The molecule has 3 aromatic rings. The predicted molar refractivity (Wildman–Crippen MR) is 121 cm³/mol. The Hall–Kier alpha value is -3.72. The number of hydrogen-bond acceptors (Lipinski definition) is 5. The zero-order chi connectivity index (χ0) is 22.8. The molecule has 32 heavy (non-hydrogen) atoms. The summed E-state index contributed by atoms with van der Waals surface area (Å²) in [6.07, 6.45) is 2.60. The Bertz CT molecular complexity index is 1150. The Labute approximate surface area is 189 Å². The van der Waals surface area contributed by atoms with Gasteiger partial charge in [-0.3, -0.25) is 4.98 Å². The summed E-state index contributed by atoms with van der Waals surface area (Å²) in [5.41, 5.74) is 0.942. The number of hydrogen-bond donors (Lipinski definition) is 3. The number of furan rings is 1. The first-order valence-corrected chi connectivity index (χ1v) is 10.5. The summed E-state index contributed by atoms with van der Waals surface area (Å²) in [7, 11) is 0. The van der Waals surface area contributed by atoms with Crippen molar-refractivity contribution >= 4 is 29.3 Å². The molecule has 0 spiro atoms. The van der Waals surface area contributed by atoms with E-state index in [0.717, 1.165) is 18.2 Å². The molecule has 3 heterocycles. The number of carboxylic acid groups (broad SMARTS) is 2. The lowest BCUT2D eigenvalue weighted by Crippen LogP contribution is -2.30. The van der Waals surface area contributed by atoms with Crippen molar-refractivity contribution < 1.29 is 24.2 Å². The molecule has 8 nitrogen and oxygen atoms in total. The number of benzene rings is 1. The average molecular weight is 452 g/mol. The van der Waals surface area contributed by atoms with E-state index in [1.807, 2.05) is 29.2 Å². The van der Waals surface area contributed by atoms with Crippen LogP contribution in [-0.4, -0.2) is 43.7 Å². The number of nitrogens with zero attached hydrogens (tertiary/aromatic N) is 2. The molecular weight excluding hydrogens is 430 g/mol. The summed E-state index contributed by atoms with van der Waals surface area (Å²) < 4.78 is 6.14. The van der Waals surface area contributed by atoms with Crippen LogP contribution < -0.4 is 5.32 Å². The molecule has 0 amide bonds. The van der Waals surface area contributed by atoms with Gasteiger partial charge in [0.15, 0.2) is 5.11 Å². The van der Waals surface area contributed by atoms with Crippen LogP contribution in [0.3, 0.4) is 0 Å². The van der Waals surface area contributed by atoms with E-state index in [-0.39, 0.29) is 23.2 Å². The van der Waals surface area contributed by atoms with Crippen molar-refractivity contribution in [1.82, 2.24) is 15.2 Å². The molecule has 1 aliphatic rings. The minimum absolute atomic E-state index is 0.125. The highest BCUT2D eigenvalue weighted by Crippen LogP contribution is 2.40. The Kier molecular flexibility index (Phi) is 5.91. The van der Waals surface area contributed by atoms with Crippen molar-refractivity contribution in [3.05, 3.63) is 77.3 Å². The Balaban J connectivity index is 1.76. The molecule has 1 aromatic carbocycles. The fraction of sp³-hybridized carbons (Fsp3) is 0.217. The molecule has 0 radical (unpaired) electrons. The van der Waals surface area contributed by atoms with E-state index in [0.29, 0.717) is 28.7 Å². The van der Waals surface area contributed by atoms with Crippen molar-refractivity contribution in [1.29, 1.82) is 0 Å². The molecule has 0 unspecified atom stereocenters. The minimum atomic E-state index is -1.21. The van der Waals surface area contributed by atoms with Crippen LogP contribution in [0.2, 0.25) is 0 Å². The third-order valence-electron chi connectivity index (χ3n) is 5.29. The third kappa shape index (κ3) is 4.06. The van der Waals surface area contributed by atoms with E-state index in [2.05, 4.69) is 17.2 Å². The molecule has 2 atom stereocenters. The maximum Gasteiger partial charge on any atom is 0.335 e. The van der Waals surface area contributed by atoms with Crippen LogP contribution in [0.1, 0.15) is 57.6 Å². The Morgan fingerprint density at radius 1 is 1.12 bits per heavy atom. The molecule has 1 fully saturated rings. The third-order valence-corrected chi connectivity index (χ3v) is 5.64. The zero-order valence-electron chi connectivity index (χ0n) is 17.2. The SMILES string of the molecule is CCCN1C(=S)N[C@H](c2ccccn2)[C@@H]1c1ccc(-c2cc(C(=O)O)cc(C(=O)O)c2)o1. The van der Waals surface area contributed by atoms with E-state index in [1.54, 1.807) is 12.3 Å². The molecule has 0 bridgehead atoms. The summed E-state index contributed by atoms with van der Waals surface area (Å²) in [6, 6.07) is 12.6. The van der Waals surface area contributed by atoms with Crippen molar-refractivity contribution in [2.24, 2.45) is 0 Å². The van der Waals surface area contributed by atoms with Crippen LogP contribution >= 0.6 is 12.2 Å². The van der Waals surface area contributed by atoms with E-state index in [9.17, 15) is 19.8 Å². The van der Waals surface area contributed by atoms with Gasteiger partial charge in [-0.25, -0.2) is 9.59 Å². The summed E-state index contributed by atoms with van der Waals surface area (Å²) in [6.45, 7) is 2.78. The van der Waals surface area contributed by atoms with Crippen LogP contribution in [0.25, 0.3) is 11.3 Å². The van der Waals surface area contributed by atoms with Crippen LogP contribution in [0.4, 0.5) is 0 Å².